The zero-order valence-electron chi connectivity index (χ0n) is 8.75. The maximum absolute atomic E-state index is 9.78. The molecule has 0 aromatic heterocycles. The highest BCUT2D eigenvalue weighted by Gasteiger charge is 2.35. The fraction of sp³-hybridized carbons (Fsp3) is 1.00. The Morgan fingerprint density at radius 2 is 1.58 bits per heavy atom. The summed E-state index contributed by atoms with van der Waals surface area (Å²) < 4.78 is 0. The van der Waals surface area contributed by atoms with E-state index in [4.69, 9.17) is 0 Å². The predicted molar refractivity (Wildman–Crippen MR) is 51.9 cm³/mol. The molecular weight excluding hydrogens is 148 g/mol. The summed E-state index contributed by atoms with van der Waals surface area (Å²) in [4.78, 5) is 0. The highest BCUT2D eigenvalue weighted by Crippen LogP contribution is 2.39. The zero-order chi connectivity index (χ0) is 9.30. The molecule has 0 heterocycles. The summed E-state index contributed by atoms with van der Waals surface area (Å²) in [5.74, 6) is 2.69. The van der Waals surface area contributed by atoms with Gasteiger partial charge in [0.15, 0.2) is 0 Å². The zero-order valence-corrected chi connectivity index (χ0v) is 8.75. The molecular formula is C11H22O. The number of aliphatic hydroxyl groups is 1. The smallest absolute Gasteiger partial charge is 0.0573 e. The largest absolute Gasteiger partial charge is 0.393 e. The molecule has 0 saturated heterocycles. The van der Waals surface area contributed by atoms with Gasteiger partial charge in [-0.2, -0.15) is 0 Å². The fourth-order valence-electron chi connectivity index (χ4n) is 2.35. The van der Waals surface area contributed by atoms with E-state index in [0.717, 1.165) is 18.3 Å². The number of aliphatic hydroxyl groups excluding tert-OH is 1. The lowest BCUT2D eigenvalue weighted by atomic mass is 9.89. The van der Waals surface area contributed by atoms with Crippen LogP contribution in [-0.2, 0) is 0 Å². The van der Waals surface area contributed by atoms with Crippen LogP contribution < -0.4 is 0 Å². The Bertz CT molecular complexity index is 140. The van der Waals surface area contributed by atoms with Gasteiger partial charge in [0.05, 0.1) is 6.10 Å². The van der Waals surface area contributed by atoms with Gasteiger partial charge < -0.3 is 5.11 Å². The van der Waals surface area contributed by atoms with Gasteiger partial charge in [-0.15, -0.1) is 0 Å². The average Bonchev–Trinajstić information content (AvgIpc) is 2.30. The Labute approximate surface area is 76.2 Å². The normalized spacial score (nSPS) is 36.8. The Hall–Kier alpha value is -0.0400. The van der Waals surface area contributed by atoms with Crippen molar-refractivity contribution in [2.75, 3.05) is 0 Å². The molecule has 1 heteroatoms. The number of hydrogen-bond acceptors (Lipinski definition) is 1. The second-order valence-corrected chi connectivity index (χ2v) is 4.95. The highest BCUT2D eigenvalue weighted by molar-refractivity contribution is 4.85. The van der Waals surface area contributed by atoms with Gasteiger partial charge in [-0.05, 0) is 36.5 Å². The lowest BCUT2D eigenvalue weighted by Gasteiger charge is -2.18. The molecule has 1 aliphatic rings. The quantitative estimate of drug-likeness (QED) is 0.675. The van der Waals surface area contributed by atoms with E-state index in [1.165, 1.54) is 6.42 Å². The van der Waals surface area contributed by atoms with Crippen molar-refractivity contribution in [3.63, 3.8) is 0 Å². The van der Waals surface area contributed by atoms with Crippen LogP contribution in [0.15, 0.2) is 0 Å². The van der Waals surface area contributed by atoms with Crippen LogP contribution in [0.25, 0.3) is 0 Å². The molecule has 0 bridgehead atoms. The van der Waals surface area contributed by atoms with Gasteiger partial charge in [0, 0.05) is 0 Å². The van der Waals surface area contributed by atoms with E-state index in [1.807, 2.05) is 0 Å². The van der Waals surface area contributed by atoms with E-state index in [1.54, 1.807) is 0 Å². The maximum Gasteiger partial charge on any atom is 0.0573 e. The van der Waals surface area contributed by atoms with Crippen molar-refractivity contribution in [3.05, 3.63) is 0 Å². The van der Waals surface area contributed by atoms with Crippen LogP contribution in [0.2, 0.25) is 0 Å². The van der Waals surface area contributed by atoms with Gasteiger partial charge in [-0.1, -0.05) is 27.7 Å². The Morgan fingerprint density at radius 3 is 1.83 bits per heavy atom. The average molecular weight is 170 g/mol. The van der Waals surface area contributed by atoms with Crippen LogP contribution in [0.1, 0.15) is 40.5 Å². The third-order valence-electron chi connectivity index (χ3n) is 3.41. The highest BCUT2D eigenvalue weighted by atomic mass is 16.3. The van der Waals surface area contributed by atoms with E-state index in [0.29, 0.717) is 11.8 Å². The first-order chi connectivity index (χ1) is 5.52. The molecule has 72 valence electrons. The fourth-order valence-corrected chi connectivity index (χ4v) is 2.35. The van der Waals surface area contributed by atoms with Crippen molar-refractivity contribution < 1.29 is 5.11 Å². The van der Waals surface area contributed by atoms with Gasteiger partial charge in [0.1, 0.15) is 0 Å². The minimum atomic E-state index is -0.0302. The minimum Gasteiger partial charge on any atom is -0.393 e. The molecule has 0 amide bonds. The van der Waals surface area contributed by atoms with Crippen LogP contribution >= 0.6 is 0 Å². The van der Waals surface area contributed by atoms with E-state index >= 15 is 0 Å². The molecule has 1 rings (SSSR count). The van der Waals surface area contributed by atoms with Crippen LogP contribution in [0.3, 0.4) is 0 Å². The summed E-state index contributed by atoms with van der Waals surface area (Å²) >= 11 is 0. The Kier molecular flexibility index (Phi) is 3.16. The molecule has 1 N–H and O–H groups in total. The second kappa shape index (κ2) is 3.78. The lowest BCUT2D eigenvalue weighted by molar-refractivity contribution is 0.107. The Morgan fingerprint density at radius 1 is 1.00 bits per heavy atom. The minimum absolute atomic E-state index is 0.0302. The van der Waals surface area contributed by atoms with Crippen molar-refractivity contribution in [2.24, 2.45) is 23.7 Å². The van der Waals surface area contributed by atoms with E-state index in [2.05, 4.69) is 27.7 Å². The SMILES string of the molecule is CC(C)C1CC(C(C)C)[C@H](O)C1. The van der Waals surface area contributed by atoms with Crippen LogP contribution in [0.4, 0.5) is 0 Å². The second-order valence-electron chi connectivity index (χ2n) is 4.95. The van der Waals surface area contributed by atoms with Crippen molar-refractivity contribution in [2.45, 2.75) is 46.6 Å². The summed E-state index contributed by atoms with van der Waals surface area (Å²) in [7, 11) is 0. The first kappa shape index (κ1) is 10.0. The lowest BCUT2D eigenvalue weighted by Crippen LogP contribution is -2.18. The van der Waals surface area contributed by atoms with Crippen molar-refractivity contribution in [1.82, 2.24) is 0 Å². The summed E-state index contributed by atoms with van der Waals surface area (Å²) in [6.07, 6.45) is 2.23. The van der Waals surface area contributed by atoms with Gasteiger partial charge in [-0.25, -0.2) is 0 Å². The molecule has 1 saturated carbocycles. The predicted octanol–water partition coefficient (Wildman–Crippen LogP) is 2.69. The molecule has 1 fully saturated rings. The summed E-state index contributed by atoms with van der Waals surface area (Å²) in [5, 5.41) is 9.78. The van der Waals surface area contributed by atoms with E-state index in [9.17, 15) is 5.11 Å². The van der Waals surface area contributed by atoms with Gasteiger partial charge in [-0.3, -0.25) is 0 Å². The summed E-state index contributed by atoms with van der Waals surface area (Å²) in [5.41, 5.74) is 0. The first-order valence-electron chi connectivity index (χ1n) is 5.20. The Balaban J connectivity index is 2.50. The van der Waals surface area contributed by atoms with Gasteiger partial charge in [0.25, 0.3) is 0 Å². The monoisotopic (exact) mass is 170 g/mol. The van der Waals surface area contributed by atoms with Crippen molar-refractivity contribution in [1.29, 1.82) is 0 Å². The molecule has 0 aromatic rings. The third kappa shape index (κ3) is 2.01. The standard InChI is InChI=1S/C11H22O/c1-7(2)9-5-10(8(3)4)11(12)6-9/h7-12H,5-6H2,1-4H3/t9?,10?,11-/m1/s1. The van der Waals surface area contributed by atoms with E-state index < -0.39 is 0 Å². The van der Waals surface area contributed by atoms with Crippen LogP contribution in [0.5, 0.6) is 0 Å². The summed E-state index contributed by atoms with van der Waals surface area (Å²) in [6.45, 7) is 8.97. The van der Waals surface area contributed by atoms with Crippen LogP contribution in [0, 0.1) is 23.7 Å². The molecule has 0 aromatic carbocycles. The third-order valence-corrected chi connectivity index (χ3v) is 3.41. The molecule has 2 unspecified atom stereocenters. The van der Waals surface area contributed by atoms with Gasteiger partial charge >= 0.3 is 0 Å². The molecule has 0 aliphatic heterocycles. The number of rotatable bonds is 2. The van der Waals surface area contributed by atoms with Crippen molar-refractivity contribution >= 4 is 0 Å². The first-order valence-corrected chi connectivity index (χ1v) is 5.20. The van der Waals surface area contributed by atoms with E-state index in [-0.39, 0.29) is 6.10 Å². The molecule has 3 atom stereocenters. The molecule has 12 heavy (non-hydrogen) atoms. The maximum atomic E-state index is 9.78. The molecule has 1 nitrogen and oxygen atoms in total. The number of hydrogen-bond donors (Lipinski definition) is 1. The van der Waals surface area contributed by atoms with Crippen molar-refractivity contribution in [3.8, 4) is 0 Å². The van der Waals surface area contributed by atoms with Crippen LogP contribution in [-0.4, -0.2) is 11.2 Å². The topological polar surface area (TPSA) is 20.2 Å². The molecule has 0 spiro atoms. The molecule has 0 radical (unpaired) electrons. The molecule has 1 aliphatic carbocycles. The summed E-state index contributed by atoms with van der Waals surface area (Å²) in [6, 6.07) is 0. The van der Waals surface area contributed by atoms with Gasteiger partial charge in [0.2, 0.25) is 0 Å².